The van der Waals surface area contributed by atoms with Gasteiger partial charge in [-0.15, -0.1) is 12.4 Å². The average Bonchev–Trinajstić information content (AvgIpc) is 2.54. The van der Waals surface area contributed by atoms with Crippen molar-refractivity contribution in [1.82, 2.24) is 15.3 Å². The summed E-state index contributed by atoms with van der Waals surface area (Å²) < 4.78 is 5.63. The van der Waals surface area contributed by atoms with Gasteiger partial charge in [0.25, 0.3) is 5.88 Å². The fourth-order valence-corrected chi connectivity index (χ4v) is 2.65. The zero-order valence-corrected chi connectivity index (χ0v) is 13.7. The van der Waals surface area contributed by atoms with E-state index in [1.165, 1.54) is 19.3 Å². The first-order valence-electron chi connectivity index (χ1n) is 7.73. The maximum atomic E-state index is 5.63. The Kier molecular flexibility index (Phi) is 6.21. The van der Waals surface area contributed by atoms with Gasteiger partial charge in [-0.05, 0) is 38.4 Å². The van der Waals surface area contributed by atoms with Gasteiger partial charge in [0, 0.05) is 12.6 Å². The predicted molar refractivity (Wildman–Crippen MR) is 92.1 cm³/mol. The minimum Gasteiger partial charge on any atom is -0.475 e. The number of nitrogens with zero attached hydrogens (tertiary/aromatic N) is 2. The van der Waals surface area contributed by atoms with Crippen molar-refractivity contribution in [3.05, 3.63) is 24.3 Å². The van der Waals surface area contributed by atoms with Crippen LogP contribution in [0.25, 0.3) is 11.0 Å². The van der Waals surface area contributed by atoms with Crippen molar-refractivity contribution in [2.75, 3.05) is 25.0 Å². The second kappa shape index (κ2) is 8.15. The molecule has 0 saturated carbocycles. The first-order valence-corrected chi connectivity index (χ1v) is 7.73. The van der Waals surface area contributed by atoms with Crippen LogP contribution in [-0.4, -0.2) is 35.7 Å². The molecule has 5 nitrogen and oxygen atoms in total. The Morgan fingerprint density at radius 1 is 1.23 bits per heavy atom. The van der Waals surface area contributed by atoms with E-state index in [-0.39, 0.29) is 12.4 Å². The smallest absolute Gasteiger partial charge is 0.258 e. The highest BCUT2D eigenvalue weighted by Crippen LogP contribution is 2.23. The quantitative estimate of drug-likeness (QED) is 0.886. The van der Waals surface area contributed by atoms with Crippen LogP contribution < -0.4 is 15.4 Å². The van der Waals surface area contributed by atoms with Crippen LogP contribution in [0.15, 0.2) is 24.3 Å². The minimum absolute atomic E-state index is 0. The molecule has 2 heterocycles. The van der Waals surface area contributed by atoms with Crippen molar-refractivity contribution in [3.63, 3.8) is 0 Å². The Labute approximate surface area is 137 Å². The molecule has 2 N–H and O–H groups in total. The van der Waals surface area contributed by atoms with Crippen LogP contribution >= 0.6 is 12.4 Å². The molecule has 0 amide bonds. The Morgan fingerprint density at radius 3 is 2.68 bits per heavy atom. The topological polar surface area (TPSA) is 59.1 Å². The normalized spacial score (nSPS) is 17.8. The molecule has 1 aromatic heterocycles. The largest absolute Gasteiger partial charge is 0.475 e. The molecule has 0 aliphatic carbocycles. The van der Waals surface area contributed by atoms with Gasteiger partial charge in [-0.25, -0.2) is 9.97 Å². The van der Waals surface area contributed by atoms with E-state index in [1.807, 2.05) is 31.2 Å². The number of hydrogen-bond acceptors (Lipinski definition) is 5. The van der Waals surface area contributed by atoms with Crippen molar-refractivity contribution < 1.29 is 4.74 Å². The van der Waals surface area contributed by atoms with Gasteiger partial charge in [-0.1, -0.05) is 18.6 Å². The zero-order valence-electron chi connectivity index (χ0n) is 12.8. The van der Waals surface area contributed by atoms with Gasteiger partial charge in [0.15, 0.2) is 5.82 Å². The number of piperidine rings is 1. The molecule has 1 aliphatic heterocycles. The van der Waals surface area contributed by atoms with E-state index in [9.17, 15) is 0 Å². The summed E-state index contributed by atoms with van der Waals surface area (Å²) in [4.78, 5) is 9.21. The molecular weight excluding hydrogens is 300 g/mol. The van der Waals surface area contributed by atoms with Crippen LogP contribution in [0.2, 0.25) is 0 Å². The Morgan fingerprint density at radius 2 is 2.00 bits per heavy atom. The minimum atomic E-state index is 0. The van der Waals surface area contributed by atoms with E-state index in [1.54, 1.807) is 0 Å². The Hall–Kier alpha value is -1.59. The van der Waals surface area contributed by atoms with E-state index < -0.39 is 0 Å². The van der Waals surface area contributed by atoms with E-state index in [0.717, 1.165) is 29.9 Å². The predicted octanol–water partition coefficient (Wildman–Crippen LogP) is 3.00. The van der Waals surface area contributed by atoms with Crippen molar-refractivity contribution >= 4 is 29.3 Å². The van der Waals surface area contributed by atoms with E-state index >= 15 is 0 Å². The summed E-state index contributed by atoms with van der Waals surface area (Å²) in [6.45, 7) is 4.51. The van der Waals surface area contributed by atoms with Crippen LogP contribution in [0.1, 0.15) is 26.2 Å². The number of rotatable bonds is 5. The summed E-state index contributed by atoms with van der Waals surface area (Å²) in [6.07, 6.45) is 3.77. The molecule has 1 aromatic carbocycles. The number of benzene rings is 1. The summed E-state index contributed by atoms with van der Waals surface area (Å²) in [7, 11) is 0. The van der Waals surface area contributed by atoms with Gasteiger partial charge in [-0.2, -0.15) is 0 Å². The number of anilines is 1. The Bertz CT molecular complexity index is 602. The maximum Gasteiger partial charge on any atom is 0.258 e. The first kappa shape index (κ1) is 16.8. The molecule has 0 bridgehead atoms. The highest BCUT2D eigenvalue weighted by molar-refractivity contribution is 5.85. The lowest BCUT2D eigenvalue weighted by Crippen LogP contribution is -2.39. The summed E-state index contributed by atoms with van der Waals surface area (Å²) in [5, 5.41) is 6.93. The third kappa shape index (κ3) is 3.99. The molecule has 1 fully saturated rings. The first-order chi connectivity index (χ1) is 10.4. The number of nitrogens with one attached hydrogen (secondary N) is 2. The van der Waals surface area contributed by atoms with Crippen molar-refractivity contribution in [2.45, 2.75) is 32.2 Å². The number of para-hydroxylation sites is 2. The van der Waals surface area contributed by atoms with Gasteiger partial charge in [0.05, 0.1) is 17.6 Å². The van der Waals surface area contributed by atoms with E-state index in [0.29, 0.717) is 18.5 Å². The Balaban J connectivity index is 0.00000176. The molecule has 22 heavy (non-hydrogen) atoms. The molecule has 0 spiro atoms. The second-order valence-corrected chi connectivity index (χ2v) is 5.33. The van der Waals surface area contributed by atoms with Crippen molar-refractivity contribution in [3.8, 4) is 5.88 Å². The van der Waals surface area contributed by atoms with E-state index in [2.05, 4.69) is 20.6 Å². The summed E-state index contributed by atoms with van der Waals surface area (Å²) >= 11 is 0. The number of halogens is 1. The highest BCUT2D eigenvalue weighted by atomic mass is 35.5. The number of aromatic nitrogens is 2. The second-order valence-electron chi connectivity index (χ2n) is 5.33. The van der Waals surface area contributed by atoms with Crippen LogP contribution in [0.5, 0.6) is 5.88 Å². The molecule has 0 radical (unpaired) electrons. The fraction of sp³-hybridized carbons (Fsp3) is 0.500. The van der Waals surface area contributed by atoms with Gasteiger partial charge < -0.3 is 15.4 Å². The van der Waals surface area contributed by atoms with Crippen LogP contribution in [0, 0.1) is 0 Å². The summed E-state index contributed by atoms with van der Waals surface area (Å²) in [5.41, 5.74) is 1.75. The maximum absolute atomic E-state index is 5.63. The van der Waals surface area contributed by atoms with Crippen LogP contribution in [-0.2, 0) is 0 Å². The third-order valence-corrected chi connectivity index (χ3v) is 3.75. The lowest BCUT2D eigenvalue weighted by molar-refractivity contribution is 0.328. The number of ether oxygens (including phenoxy) is 1. The molecule has 3 rings (SSSR count). The molecule has 1 atom stereocenters. The molecule has 2 aromatic rings. The highest BCUT2D eigenvalue weighted by Gasteiger charge is 2.15. The van der Waals surface area contributed by atoms with Crippen molar-refractivity contribution in [2.24, 2.45) is 0 Å². The van der Waals surface area contributed by atoms with Gasteiger partial charge in [0.2, 0.25) is 0 Å². The number of fused-ring (bicyclic) bond motifs is 1. The molecule has 6 heteroatoms. The molecule has 1 saturated heterocycles. The molecular formula is C16H23ClN4O. The third-order valence-electron chi connectivity index (χ3n) is 3.75. The summed E-state index contributed by atoms with van der Waals surface area (Å²) in [6, 6.07) is 8.37. The van der Waals surface area contributed by atoms with Gasteiger partial charge in [0.1, 0.15) is 0 Å². The summed E-state index contributed by atoms with van der Waals surface area (Å²) in [5.74, 6) is 1.33. The van der Waals surface area contributed by atoms with Crippen LogP contribution in [0.3, 0.4) is 0 Å². The molecule has 1 aliphatic rings. The zero-order chi connectivity index (χ0) is 14.5. The van der Waals surface area contributed by atoms with Gasteiger partial charge >= 0.3 is 0 Å². The molecule has 120 valence electrons. The fourth-order valence-electron chi connectivity index (χ4n) is 2.65. The van der Waals surface area contributed by atoms with Crippen molar-refractivity contribution in [1.29, 1.82) is 0 Å². The lowest BCUT2D eigenvalue weighted by atomic mass is 10.1. The average molecular weight is 323 g/mol. The molecule has 1 unspecified atom stereocenters. The van der Waals surface area contributed by atoms with E-state index in [4.69, 9.17) is 4.74 Å². The number of hydrogen-bond donors (Lipinski definition) is 2. The SMILES string of the molecule is CCOc1nc2ccccc2nc1NCC1CCCCN1.Cl. The monoisotopic (exact) mass is 322 g/mol. The lowest BCUT2D eigenvalue weighted by Gasteiger charge is -2.24. The van der Waals surface area contributed by atoms with Gasteiger partial charge in [-0.3, -0.25) is 0 Å². The standard InChI is InChI=1S/C16H22N4O.ClH/c1-2-21-16-15(18-11-12-7-5-6-10-17-12)19-13-8-3-4-9-14(13)20-16;/h3-4,8-9,12,17H,2,5-7,10-11H2,1H3,(H,18,19);1H. The van der Waals surface area contributed by atoms with Crippen LogP contribution in [0.4, 0.5) is 5.82 Å².